The number of carbonyl (C=O) groups is 1. The van der Waals surface area contributed by atoms with Crippen molar-refractivity contribution in [3.63, 3.8) is 0 Å². The minimum Gasteiger partial charge on any atom is -0.299 e. The normalized spacial score (nSPS) is 23.8. The highest BCUT2D eigenvalue weighted by atomic mass is 16.1. The summed E-state index contributed by atoms with van der Waals surface area (Å²) in [5, 5.41) is 0. The number of rotatable bonds is 1. The van der Waals surface area contributed by atoms with E-state index in [1.807, 2.05) is 25.2 Å². The first kappa shape index (κ1) is 9.34. The first-order valence-corrected chi connectivity index (χ1v) is 4.89. The molecule has 3 heteroatoms. The molecule has 1 aromatic heterocycles. The van der Waals surface area contributed by atoms with E-state index in [-0.39, 0.29) is 11.7 Å². The van der Waals surface area contributed by atoms with Crippen molar-refractivity contribution >= 4 is 5.78 Å². The van der Waals surface area contributed by atoms with Gasteiger partial charge >= 0.3 is 0 Å². The highest BCUT2D eigenvalue weighted by Crippen LogP contribution is 2.22. The molecule has 0 N–H and O–H groups in total. The maximum atomic E-state index is 11.7. The van der Waals surface area contributed by atoms with E-state index >= 15 is 0 Å². The Hall–Kier alpha value is -1.22. The molecule has 3 nitrogen and oxygen atoms in total. The number of likely N-dealkylation sites (N-methyl/N-ethyl adjacent to an activating group) is 1. The number of piperidine rings is 1. The minimum atomic E-state index is 0.0207. The van der Waals surface area contributed by atoms with E-state index in [0.29, 0.717) is 6.54 Å². The molecule has 0 radical (unpaired) electrons. The van der Waals surface area contributed by atoms with Gasteiger partial charge in [0.2, 0.25) is 0 Å². The van der Waals surface area contributed by atoms with Gasteiger partial charge in [0.15, 0.2) is 5.78 Å². The smallest absolute Gasteiger partial charge is 0.155 e. The van der Waals surface area contributed by atoms with E-state index in [0.717, 1.165) is 18.7 Å². The lowest BCUT2D eigenvalue weighted by molar-refractivity contribution is -0.123. The fourth-order valence-corrected chi connectivity index (χ4v) is 1.86. The van der Waals surface area contributed by atoms with Crippen LogP contribution in [0.15, 0.2) is 24.4 Å². The Labute approximate surface area is 83.8 Å². The molecular formula is C11H14N2O. The Morgan fingerprint density at radius 2 is 2.36 bits per heavy atom. The van der Waals surface area contributed by atoms with Crippen LogP contribution in [-0.2, 0) is 4.79 Å². The third kappa shape index (κ3) is 1.82. The molecule has 0 bridgehead atoms. The van der Waals surface area contributed by atoms with Crippen molar-refractivity contribution in [3.05, 3.63) is 30.1 Å². The van der Waals surface area contributed by atoms with Gasteiger partial charge in [-0.3, -0.25) is 14.7 Å². The van der Waals surface area contributed by atoms with Gasteiger partial charge in [0, 0.05) is 6.20 Å². The molecule has 0 aliphatic carbocycles. The zero-order chi connectivity index (χ0) is 9.97. The third-order valence-corrected chi connectivity index (χ3v) is 2.66. The second-order valence-corrected chi connectivity index (χ2v) is 3.80. The molecule has 1 aliphatic rings. The maximum absolute atomic E-state index is 11.7. The Morgan fingerprint density at radius 1 is 1.50 bits per heavy atom. The molecule has 14 heavy (non-hydrogen) atoms. The molecule has 1 aliphatic heterocycles. The highest BCUT2D eigenvalue weighted by Gasteiger charge is 2.26. The van der Waals surface area contributed by atoms with Gasteiger partial charge in [-0.2, -0.15) is 0 Å². The van der Waals surface area contributed by atoms with Crippen molar-refractivity contribution in [2.45, 2.75) is 12.3 Å². The van der Waals surface area contributed by atoms with Gasteiger partial charge < -0.3 is 0 Å². The molecule has 74 valence electrons. The molecule has 0 spiro atoms. The molecule has 1 saturated heterocycles. The zero-order valence-corrected chi connectivity index (χ0v) is 8.31. The number of aromatic nitrogens is 1. The average Bonchev–Trinajstić information content (AvgIpc) is 2.19. The van der Waals surface area contributed by atoms with Gasteiger partial charge in [0.25, 0.3) is 0 Å². The van der Waals surface area contributed by atoms with Crippen LogP contribution >= 0.6 is 0 Å². The van der Waals surface area contributed by atoms with E-state index in [4.69, 9.17) is 0 Å². The van der Waals surface area contributed by atoms with Crippen molar-refractivity contribution in [2.75, 3.05) is 20.1 Å². The van der Waals surface area contributed by atoms with Gasteiger partial charge in [-0.05, 0) is 32.1 Å². The topological polar surface area (TPSA) is 33.2 Å². The van der Waals surface area contributed by atoms with Crippen molar-refractivity contribution in [2.24, 2.45) is 0 Å². The Morgan fingerprint density at radius 3 is 3.00 bits per heavy atom. The van der Waals surface area contributed by atoms with Gasteiger partial charge in [0.1, 0.15) is 0 Å². The molecule has 1 atom stereocenters. The molecule has 0 aromatic carbocycles. The molecule has 0 saturated carbocycles. The summed E-state index contributed by atoms with van der Waals surface area (Å²) in [5.74, 6) is 0.310. The summed E-state index contributed by atoms with van der Waals surface area (Å²) in [6.07, 6.45) is 2.65. The van der Waals surface area contributed by atoms with Crippen LogP contribution in [-0.4, -0.2) is 35.8 Å². The summed E-state index contributed by atoms with van der Waals surface area (Å²) in [6, 6.07) is 5.75. The second-order valence-electron chi connectivity index (χ2n) is 3.80. The van der Waals surface area contributed by atoms with Gasteiger partial charge in [-0.1, -0.05) is 6.07 Å². The van der Waals surface area contributed by atoms with Gasteiger partial charge in [-0.15, -0.1) is 0 Å². The lowest BCUT2D eigenvalue weighted by Gasteiger charge is -2.27. The predicted octanol–water partition coefficient (Wildman–Crippen LogP) is 1.07. The Bertz CT molecular complexity index is 323. The molecule has 2 heterocycles. The molecular weight excluding hydrogens is 176 g/mol. The van der Waals surface area contributed by atoms with E-state index in [9.17, 15) is 4.79 Å². The fraction of sp³-hybridized carbons (Fsp3) is 0.455. The van der Waals surface area contributed by atoms with E-state index < -0.39 is 0 Å². The van der Waals surface area contributed by atoms with Crippen molar-refractivity contribution in [1.29, 1.82) is 0 Å². The second kappa shape index (κ2) is 3.88. The van der Waals surface area contributed by atoms with E-state index in [1.54, 1.807) is 6.20 Å². The molecule has 1 unspecified atom stereocenters. The van der Waals surface area contributed by atoms with E-state index in [2.05, 4.69) is 9.88 Å². The molecule has 2 rings (SSSR count). The highest BCUT2D eigenvalue weighted by molar-refractivity contribution is 5.87. The molecule has 0 amide bonds. The van der Waals surface area contributed by atoms with E-state index in [1.165, 1.54) is 0 Å². The van der Waals surface area contributed by atoms with Crippen LogP contribution in [0.2, 0.25) is 0 Å². The van der Waals surface area contributed by atoms with Crippen molar-refractivity contribution < 1.29 is 4.79 Å². The predicted molar refractivity (Wildman–Crippen MR) is 54.1 cm³/mol. The van der Waals surface area contributed by atoms with Crippen LogP contribution < -0.4 is 0 Å². The number of pyridine rings is 1. The quantitative estimate of drug-likeness (QED) is 0.664. The maximum Gasteiger partial charge on any atom is 0.155 e. The van der Waals surface area contributed by atoms with Gasteiger partial charge in [-0.25, -0.2) is 0 Å². The molecule has 1 aromatic rings. The number of nitrogens with zero attached hydrogens (tertiary/aromatic N) is 2. The van der Waals surface area contributed by atoms with Crippen LogP contribution in [0.3, 0.4) is 0 Å². The largest absolute Gasteiger partial charge is 0.299 e. The fourth-order valence-electron chi connectivity index (χ4n) is 1.86. The van der Waals surface area contributed by atoms with Crippen LogP contribution in [0.5, 0.6) is 0 Å². The number of likely N-dealkylation sites (tertiary alicyclic amines) is 1. The number of ketones is 1. The minimum absolute atomic E-state index is 0.0207. The van der Waals surface area contributed by atoms with Crippen LogP contribution in [0, 0.1) is 0 Å². The Balaban J connectivity index is 2.16. The monoisotopic (exact) mass is 190 g/mol. The average molecular weight is 190 g/mol. The van der Waals surface area contributed by atoms with Gasteiger partial charge in [0.05, 0.1) is 18.2 Å². The number of Topliss-reactive ketones (excluding diaryl/α,β-unsaturated/α-hetero) is 1. The van der Waals surface area contributed by atoms with Crippen LogP contribution in [0.25, 0.3) is 0 Å². The molecule has 1 fully saturated rings. The first-order valence-electron chi connectivity index (χ1n) is 4.89. The first-order chi connectivity index (χ1) is 6.77. The third-order valence-electron chi connectivity index (χ3n) is 2.66. The summed E-state index contributed by atoms with van der Waals surface area (Å²) in [4.78, 5) is 18.0. The lowest BCUT2D eigenvalue weighted by Crippen LogP contribution is -2.37. The summed E-state index contributed by atoms with van der Waals surface area (Å²) < 4.78 is 0. The zero-order valence-electron chi connectivity index (χ0n) is 8.31. The summed E-state index contributed by atoms with van der Waals surface area (Å²) >= 11 is 0. The summed E-state index contributed by atoms with van der Waals surface area (Å²) in [6.45, 7) is 1.54. The Kier molecular flexibility index (Phi) is 2.59. The number of carbonyl (C=O) groups excluding carboxylic acids is 1. The SMILES string of the molecule is CN1CCC(c2ccccn2)C(=O)C1. The van der Waals surface area contributed by atoms with Crippen molar-refractivity contribution in [3.8, 4) is 0 Å². The van der Waals surface area contributed by atoms with Crippen LogP contribution in [0.1, 0.15) is 18.0 Å². The van der Waals surface area contributed by atoms with Crippen LogP contribution in [0.4, 0.5) is 0 Å². The summed E-state index contributed by atoms with van der Waals surface area (Å²) in [5.41, 5.74) is 0.922. The lowest BCUT2D eigenvalue weighted by atomic mass is 9.92. The van der Waals surface area contributed by atoms with Crippen molar-refractivity contribution in [1.82, 2.24) is 9.88 Å². The summed E-state index contributed by atoms with van der Waals surface area (Å²) in [7, 11) is 1.98. The standard InChI is InChI=1S/C11H14N2O/c1-13-7-5-9(11(14)8-13)10-4-2-3-6-12-10/h2-4,6,9H,5,7-8H2,1H3. The number of hydrogen-bond acceptors (Lipinski definition) is 3. The number of hydrogen-bond donors (Lipinski definition) is 0.